The third kappa shape index (κ3) is 10.9. The van der Waals surface area contributed by atoms with E-state index in [-0.39, 0.29) is 23.1 Å². The van der Waals surface area contributed by atoms with Crippen LogP contribution in [0, 0.1) is 24.2 Å². The number of aryl methyl sites for hydroxylation is 1. The summed E-state index contributed by atoms with van der Waals surface area (Å²) in [5.41, 5.74) is 1.56. The molecule has 1 atom stereocenters. The first-order valence-electron chi connectivity index (χ1n) is 10.9. The summed E-state index contributed by atoms with van der Waals surface area (Å²) >= 11 is 0. The number of ether oxygens (including phenoxy) is 1. The SMILES string of the molecule is CCC.CF.Cc1ccccc1CNC(=O)C(CC(C)C)Oc1ccc(C#N)c(C(F)F)c1. The van der Waals surface area contributed by atoms with Crippen molar-refractivity contribution in [2.24, 2.45) is 5.92 Å². The van der Waals surface area contributed by atoms with E-state index < -0.39 is 18.1 Å². The molecule has 2 rings (SSSR count). The molecule has 0 aliphatic heterocycles. The Hall–Kier alpha value is -3.01. The van der Waals surface area contributed by atoms with Crippen molar-refractivity contribution < 1.29 is 22.7 Å². The minimum atomic E-state index is -2.79. The van der Waals surface area contributed by atoms with Gasteiger partial charge in [-0.15, -0.1) is 0 Å². The van der Waals surface area contributed by atoms with E-state index in [4.69, 9.17) is 10.00 Å². The zero-order valence-electron chi connectivity index (χ0n) is 20.3. The predicted octanol–water partition coefficient (Wildman–Crippen LogP) is 6.92. The Morgan fingerprint density at radius 3 is 2.24 bits per heavy atom. The highest BCUT2D eigenvalue weighted by atomic mass is 19.3. The summed E-state index contributed by atoms with van der Waals surface area (Å²) in [6, 6.07) is 13.3. The lowest BCUT2D eigenvalue weighted by Gasteiger charge is -2.21. The molecule has 0 spiro atoms. The van der Waals surface area contributed by atoms with E-state index in [1.807, 2.05) is 45.0 Å². The van der Waals surface area contributed by atoms with Crippen LogP contribution in [0.2, 0.25) is 0 Å². The van der Waals surface area contributed by atoms with Crippen molar-refractivity contribution >= 4 is 5.91 Å². The number of carbonyl (C=O) groups is 1. The van der Waals surface area contributed by atoms with Gasteiger partial charge in [0.2, 0.25) is 0 Å². The summed E-state index contributed by atoms with van der Waals surface area (Å²) < 4.78 is 41.6. The van der Waals surface area contributed by atoms with E-state index >= 15 is 0 Å². The molecule has 182 valence electrons. The third-order valence-corrected chi connectivity index (χ3v) is 4.35. The van der Waals surface area contributed by atoms with Gasteiger partial charge in [0.05, 0.1) is 18.8 Å². The summed E-state index contributed by atoms with van der Waals surface area (Å²) in [6.45, 7) is 10.5. The molecule has 2 aromatic rings. The molecule has 0 aromatic heterocycles. The van der Waals surface area contributed by atoms with E-state index in [2.05, 4.69) is 19.2 Å². The second kappa shape index (κ2) is 16.6. The Morgan fingerprint density at radius 1 is 1.12 bits per heavy atom. The van der Waals surface area contributed by atoms with Crippen molar-refractivity contribution in [1.82, 2.24) is 5.32 Å². The van der Waals surface area contributed by atoms with Gasteiger partial charge >= 0.3 is 0 Å². The smallest absolute Gasteiger partial charge is 0.265 e. The maximum Gasteiger partial charge on any atom is 0.265 e. The fraction of sp³-hybridized carbons (Fsp3) is 0.462. The standard InChI is InChI=1S/C22H24F2N2O2.C3H8.CH3F/c1-14(2)10-20(22(27)26-13-17-7-5-4-6-15(17)3)28-18-9-8-16(12-25)19(11-18)21(23)24;1-3-2;1-2/h4-9,11,14,20-21H,10,13H2,1-3H3,(H,26,27);3H2,1-2H3;1H3. The van der Waals surface area contributed by atoms with Crippen LogP contribution in [0.1, 0.15) is 69.2 Å². The van der Waals surface area contributed by atoms with Gasteiger partial charge in [-0.2, -0.15) is 5.26 Å². The van der Waals surface area contributed by atoms with Crippen LogP contribution in [0.3, 0.4) is 0 Å². The van der Waals surface area contributed by atoms with Crippen LogP contribution < -0.4 is 10.1 Å². The maximum atomic E-state index is 13.2. The zero-order valence-corrected chi connectivity index (χ0v) is 20.3. The lowest BCUT2D eigenvalue weighted by Crippen LogP contribution is -2.39. The fourth-order valence-electron chi connectivity index (χ4n) is 2.80. The first-order valence-corrected chi connectivity index (χ1v) is 10.9. The molecule has 1 unspecified atom stereocenters. The number of rotatable bonds is 8. The van der Waals surface area contributed by atoms with Gasteiger partial charge in [0.25, 0.3) is 12.3 Å². The van der Waals surface area contributed by atoms with E-state index in [0.717, 1.165) is 17.2 Å². The second-order valence-electron chi connectivity index (χ2n) is 7.75. The van der Waals surface area contributed by atoms with Crippen molar-refractivity contribution in [3.63, 3.8) is 0 Å². The third-order valence-electron chi connectivity index (χ3n) is 4.35. The lowest BCUT2D eigenvalue weighted by molar-refractivity contribution is -0.128. The second-order valence-corrected chi connectivity index (χ2v) is 7.75. The molecule has 0 aliphatic carbocycles. The van der Waals surface area contributed by atoms with Crippen LogP contribution in [-0.4, -0.2) is 19.2 Å². The van der Waals surface area contributed by atoms with Crippen LogP contribution in [0.4, 0.5) is 13.2 Å². The van der Waals surface area contributed by atoms with Gasteiger partial charge < -0.3 is 10.1 Å². The molecule has 1 N–H and O–H groups in total. The van der Waals surface area contributed by atoms with Crippen molar-refractivity contribution in [2.45, 2.75) is 66.5 Å². The molecule has 7 heteroatoms. The van der Waals surface area contributed by atoms with E-state index in [1.54, 1.807) is 6.07 Å². The lowest BCUT2D eigenvalue weighted by atomic mass is 10.0. The van der Waals surface area contributed by atoms with E-state index in [0.29, 0.717) is 20.1 Å². The van der Waals surface area contributed by atoms with Crippen molar-refractivity contribution in [2.75, 3.05) is 7.18 Å². The average molecular weight is 465 g/mol. The number of hydrogen-bond donors (Lipinski definition) is 1. The molecule has 0 bridgehead atoms. The first kappa shape index (κ1) is 30.0. The molecule has 0 aliphatic rings. The van der Waals surface area contributed by atoms with Gasteiger partial charge in [0, 0.05) is 12.1 Å². The molecule has 0 radical (unpaired) electrons. The highest BCUT2D eigenvalue weighted by Crippen LogP contribution is 2.28. The van der Waals surface area contributed by atoms with Gasteiger partial charge in [-0.05, 0) is 48.6 Å². The molecule has 33 heavy (non-hydrogen) atoms. The molecule has 2 aromatic carbocycles. The predicted molar refractivity (Wildman–Crippen MR) is 126 cm³/mol. The van der Waals surface area contributed by atoms with Crippen LogP contribution >= 0.6 is 0 Å². The monoisotopic (exact) mass is 464 g/mol. The van der Waals surface area contributed by atoms with Crippen molar-refractivity contribution in [3.8, 4) is 11.8 Å². The molecule has 0 heterocycles. The molecule has 4 nitrogen and oxygen atoms in total. The topological polar surface area (TPSA) is 62.1 Å². The Labute approximate surface area is 195 Å². The van der Waals surface area contributed by atoms with Gasteiger partial charge in [0.15, 0.2) is 6.10 Å². The number of nitriles is 1. The van der Waals surface area contributed by atoms with Gasteiger partial charge in [-0.3, -0.25) is 9.18 Å². The van der Waals surface area contributed by atoms with Crippen LogP contribution in [0.5, 0.6) is 5.75 Å². The summed E-state index contributed by atoms with van der Waals surface area (Å²) in [4.78, 5) is 12.7. The Kier molecular flexibility index (Phi) is 15.1. The van der Waals surface area contributed by atoms with Gasteiger partial charge in [-0.1, -0.05) is 58.4 Å². The number of alkyl halides is 3. The number of nitrogens with one attached hydrogen (secondary N) is 1. The fourth-order valence-corrected chi connectivity index (χ4v) is 2.80. The van der Waals surface area contributed by atoms with E-state index in [1.165, 1.54) is 18.6 Å². The molecule has 1 amide bonds. The summed E-state index contributed by atoms with van der Waals surface area (Å²) in [7, 11) is 0.500. The summed E-state index contributed by atoms with van der Waals surface area (Å²) in [5.74, 6) is 0.00747. The Bertz CT molecular complexity index is 880. The quantitative estimate of drug-likeness (QED) is 0.461. The number of amides is 1. The van der Waals surface area contributed by atoms with Crippen LogP contribution in [-0.2, 0) is 11.3 Å². The number of halogens is 3. The Morgan fingerprint density at radius 2 is 1.73 bits per heavy atom. The molecular weight excluding hydrogens is 429 g/mol. The highest BCUT2D eigenvalue weighted by Gasteiger charge is 2.23. The number of benzene rings is 2. The average Bonchev–Trinajstić information content (AvgIpc) is 2.79. The summed E-state index contributed by atoms with van der Waals surface area (Å²) in [6.07, 6.45) is -1.93. The largest absolute Gasteiger partial charge is 0.481 e. The van der Waals surface area contributed by atoms with Crippen LogP contribution in [0.15, 0.2) is 42.5 Å². The minimum absolute atomic E-state index is 0.105. The maximum absolute atomic E-state index is 13.2. The van der Waals surface area contributed by atoms with Crippen molar-refractivity contribution in [3.05, 3.63) is 64.7 Å². The number of nitrogens with zero attached hydrogens (tertiary/aromatic N) is 1. The normalized spacial score (nSPS) is 10.8. The van der Waals surface area contributed by atoms with E-state index in [9.17, 15) is 18.0 Å². The van der Waals surface area contributed by atoms with Crippen LogP contribution in [0.25, 0.3) is 0 Å². The molecule has 0 saturated carbocycles. The Balaban J connectivity index is 0.00000189. The molecular formula is C26H35F3N2O2. The van der Waals surface area contributed by atoms with Crippen molar-refractivity contribution in [1.29, 1.82) is 5.26 Å². The number of hydrogen-bond acceptors (Lipinski definition) is 3. The zero-order chi connectivity index (χ0) is 25.4. The first-order chi connectivity index (χ1) is 15.7. The summed E-state index contributed by atoms with van der Waals surface area (Å²) in [5, 5.41) is 11.8. The highest BCUT2D eigenvalue weighted by molar-refractivity contribution is 5.81. The minimum Gasteiger partial charge on any atom is -0.481 e. The number of carbonyl (C=O) groups excluding carboxylic acids is 1. The molecule has 0 saturated heterocycles. The van der Waals surface area contributed by atoms with Gasteiger partial charge in [-0.25, -0.2) is 8.78 Å². The molecule has 0 fully saturated rings. The van der Waals surface area contributed by atoms with Gasteiger partial charge in [0.1, 0.15) is 5.75 Å².